The van der Waals surface area contributed by atoms with Crippen molar-refractivity contribution in [2.75, 3.05) is 5.73 Å². The fraction of sp³-hybridized carbons (Fsp3) is 0.444. The summed E-state index contributed by atoms with van der Waals surface area (Å²) in [5.74, 6) is 1.40. The van der Waals surface area contributed by atoms with Crippen LogP contribution in [0, 0.1) is 5.92 Å². The molecule has 134 valence electrons. The van der Waals surface area contributed by atoms with Crippen LogP contribution in [0.4, 0.5) is 5.69 Å². The summed E-state index contributed by atoms with van der Waals surface area (Å²) >= 11 is 1.82. The van der Waals surface area contributed by atoms with Crippen molar-refractivity contribution in [3.63, 3.8) is 0 Å². The highest BCUT2D eigenvalue weighted by Crippen LogP contribution is 2.39. The van der Waals surface area contributed by atoms with Crippen molar-refractivity contribution in [2.45, 2.75) is 46.1 Å². The molecule has 1 atom stereocenters. The fourth-order valence-corrected chi connectivity index (χ4v) is 5.27. The van der Waals surface area contributed by atoms with Gasteiger partial charge in [-0.2, -0.15) is 5.10 Å². The molecule has 0 spiro atoms. The minimum Gasteiger partial charge on any atom is -0.396 e. The summed E-state index contributed by atoms with van der Waals surface area (Å²) in [4.78, 5) is 12.0. The van der Waals surface area contributed by atoms with Crippen LogP contribution in [-0.4, -0.2) is 29.4 Å². The van der Waals surface area contributed by atoms with Gasteiger partial charge in [0.1, 0.15) is 16.9 Å². The summed E-state index contributed by atoms with van der Waals surface area (Å²) in [6.07, 6.45) is 8.17. The highest BCUT2D eigenvalue weighted by Gasteiger charge is 2.25. The monoisotopic (exact) mass is 367 g/mol. The minimum atomic E-state index is 0.602. The minimum absolute atomic E-state index is 0.602. The Bertz CT molecular complexity index is 1120. The molecular formula is C18H21N7S. The number of nitrogens with zero attached hydrogens (tertiary/aromatic N) is 6. The molecule has 8 heteroatoms. The van der Waals surface area contributed by atoms with Crippen LogP contribution in [0.15, 0.2) is 12.5 Å². The molecule has 4 heterocycles. The Hall–Kier alpha value is -2.48. The Labute approximate surface area is 154 Å². The number of rotatable bonds is 3. The van der Waals surface area contributed by atoms with Crippen LogP contribution in [0.2, 0.25) is 0 Å². The van der Waals surface area contributed by atoms with Crippen LogP contribution < -0.4 is 5.73 Å². The van der Waals surface area contributed by atoms with Gasteiger partial charge in [-0.1, -0.05) is 13.3 Å². The Morgan fingerprint density at radius 2 is 2.23 bits per heavy atom. The molecule has 0 fully saturated rings. The second-order valence-corrected chi connectivity index (χ2v) is 8.00. The number of nitrogens with two attached hydrogens (primary N) is 1. The van der Waals surface area contributed by atoms with Gasteiger partial charge in [0.25, 0.3) is 0 Å². The number of fused-ring (bicyclic) bond motifs is 5. The zero-order chi connectivity index (χ0) is 17.8. The molecule has 1 aliphatic carbocycles. The van der Waals surface area contributed by atoms with Gasteiger partial charge < -0.3 is 5.73 Å². The number of anilines is 1. The molecule has 0 aliphatic heterocycles. The van der Waals surface area contributed by atoms with Crippen LogP contribution in [0.3, 0.4) is 0 Å². The standard InChI is InChI=1S/C18H21N7S/c1-3-10-5-6-11-13(7-10)26-18-14(11)17-22-16(23-25(17)9-20-18)15-12(19)8-21-24(15)4-2/h8-10H,3-7,19H2,1-2H3. The Kier molecular flexibility index (Phi) is 3.49. The van der Waals surface area contributed by atoms with Crippen molar-refractivity contribution in [1.82, 2.24) is 29.4 Å². The average molecular weight is 367 g/mol. The smallest absolute Gasteiger partial charge is 0.202 e. The first kappa shape index (κ1) is 15.7. The lowest BCUT2D eigenvalue weighted by Gasteiger charge is -2.20. The number of aromatic nitrogens is 6. The van der Waals surface area contributed by atoms with Crippen molar-refractivity contribution in [2.24, 2.45) is 5.92 Å². The molecule has 0 saturated heterocycles. The lowest BCUT2D eigenvalue weighted by molar-refractivity contribution is 0.451. The molecule has 7 nitrogen and oxygen atoms in total. The molecule has 1 unspecified atom stereocenters. The van der Waals surface area contributed by atoms with Gasteiger partial charge in [0.2, 0.25) is 5.82 Å². The first-order valence-electron chi connectivity index (χ1n) is 9.16. The summed E-state index contributed by atoms with van der Waals surface area (Å²) < 4.78 is 3.62. The van der Waals surface area contributed by atoms with Crippen LogP contribution >= 0.6 is 11.3 Å². The lowest BCUT2D eigenvalue weighted by Crippen LogP contribution is -2.11. The van der Waals surface area contributed by atoms with Crippen molar-refractivity contribution >= 4 is 32.9 Å². The largest absolute Gasteiger partial charge is 0.396 e. The van der Waals surface area contributed by atoms with Crippen LogP contribution in [-0.2, 0) is 19.4 Å². The van der Waals surface area contributed by atoms with Gasteiger partial charge in [0.15, 0.2) is 5.65 Å². The summed E-state index contributed by atoms with van der Waals surface area (Å²) in [7, 11) is 0. The van der Waals surface area contributed by atoms with E-state index in [1.54, 1.807) is 17.0 Å². The molecule has 26 heavy (non-hydrogen) atoms. The molecule has 0 aromatic carbocycles. The van der Waals surface area contributed by atoms with E-state index in [-0.39, 0.29) is 0 Å². The van der Waals surface area contributed by atoms with Gasteiger partial charge in [0, 0.05) is 11.4 Å². The van der Waals surface area contributed by atoms with E-state index in [0.717, 1.165) is 41.5 Å². The fourth-order valence-electron chi connectivity index (χ4n) is 3.98. The molecule has 4 aromatic rings. The molecule has 0 amide bonds. The number of thiophene rings is 1. The first-order chi connectivity index (χ1) is 12.7. The van der Waals surface area contributed by atoms with E-state index in [0.29, 0.717) is 11.5 Å². The summed E-state index contributed by atoms with van der Waals surface area (Å²) in [6, 6.07) is 0. The Morgan fingerprint density at radius 1 is 1.35 bits per heavy atom. The van der Waals surface area contributed by atoms with E-state index in [4.69, 9.17) is 10.7 Å². The molecular weight excluding hydrogens is 346 g/mol. The first-order valence-corrected chi connectivity index (χ1v) is 9.98. The van der Waals surface area contributed by atoms with E-state index in [2.05, 4.69) is 22.1 Å². The predicted octanol–water partition coefficient (Wildman–Crippen LogP) is 3.32. The van der Waals surface area contributed by atoms with Gasteiger partial charge in [-0.05, 0) is 37.7 Å². The van der Waals surface area contributed by atoms with Crippen molar-refractivity contribution in [3.05, 3.63) is 23.0 Å². The second kappa shape index (κ2) is 5.77. The molecule has 4 aromatic heterocycles. The predicted molar refractivity (Wildman–Crippen MR) is 103 cm³/mol. The maximum Gasteiger partial charge on any atom is 0.202 e. The van der Waals surface area contributed by atoms with E-state index in [9.17, 15) is 0 Å². The maximum absolute atomic E-state index is 6.12. The van der Waals surface area contributed by atoms with Crippen LogP contribution in [0.1, 0.15) is 37.1 Å². The summed E-state index contributed by atoms with van der Waals surface area (Å²) in [5, 5.41) is 10.1. The lowest BCUT2D eigenvalue weighted by atomic mass is 9.86. The van der Waals surface area contributed by atoms with Gasteiger partial charge in [-0.25, -0.2) is 14.5 Å². The van der Waals surface area contributed by atoms with Gasteiger partial charge in [0.05, 0.1) is 17.3 Å². The zero-order valence-corrected chi connectivity index (χ0v) is 15.8. The molecule has 0 saturated carbocycles. The van der Waals surface area contributed by atoms with Gasteiger partial charge in [-0.15, -0.1) is 16.4 Å². The third-order valence-electron chi connectivity index (χ3n) is 5.44. The molecule has 5 rings (SSSR count). The van der Waals surface area contributed by atoms with Gasteiger partial charge >= 0.3 is 0 Å². The molecule has 0 bridgehead atoms. The van der Waals surface area contributed by atoms with Crippen molar-refractivity contribution < 1.29 is 0 Å². The van der Waals surface area contributed by atoms with Crippen molar-refractivity contribution in [3.8, 4) is 11.5 Å². The normalized spacial score (nSPS) is 17.2. The number of hydrogen-bond acceptors (Lipinski definition) is 6. The zero-order valence-electron chi connectivity index (χ0n) is 14.9. The summed E-state index contributed by atoms with van der Waals surface area (Å²) in [5.41, 5.74) is 9.79. The average Bonchev–Trinajstić information content (AvgIpc) is 3.33. The maximum atomic E-state index is 6.12. The third-order valence-corrected chi connectivity index (χ3v) is 6.61. The summed E-state index contributed by atoms with van der Waals surface area (Å²) in [6.45, 7) is 5.04. The quantitative estimate of drug-likeness (QED) is 0.600. The van der Waals surface area contributed by atoms with E-state index < -0.39 is 0 Å². The molecule has 2 N–H and O–H groups in total. The second-order valence-electron chi connectivity index (χ2n) is 6.91. The molecule has 1 aliphatic rings. The highest BCUT2D eigenvalue weighted by molar-refractivity contribution is 7.19. The number of nitrogen functional groups attached to an aromatic ring is 1. The number of aryl methyl sites for hydroxylation is 2. The van der Waals surface area contributed by atoms with Gasteiger partial charge in [-0.3, -0.25) is 4.68 Å². The number of hydrogen-bond donors (Lipinski definition) is 1. The third kappa shape index (κ3) is 2.18. The van der Waals surface area contributed by atoms with Crippen LogP contribution in [0.25, 0.3) is 27.4 Å². The Morgan fingerprint density at radius 3 is 3.04 bits per heavy atom. The topological polar surface area (TPSA) is 86.9 Å². The highest BCUT2D eigenvalue weighted by atomic mass is 32.1. The molecule has 0 radical (unpaired) electrons. The van der Waals surface area contributed by atoms with Crippen LogP contribution in [0.5, 0.6) is 0 Å². The SMILES string of the molecule is CCC1CCc2c(sc3ncn4nc(-c5c(N)cnn5CC)nc4c23)C1. The van der Waals surface area contributed by atoms with Crippen molar-refractivity contribution in [1.29, 1.82) is 0 Å². The Balaban J connectivity index is 1.73. The van der Waals surface area contributed by atoms with E-state index in [1.807, 2.05) is 22.9 Å². The van der Waals surface area contributed by atoms with E-state index >= 15 is 0 Å². The van der Waals surface area contributed by atoms with E-state index in [1.165, 1.54) is 28.7 Å².